The van der Waals surface area contributed by atoms with Gasteiger partial charge in [0.25, 0.3) is 10.1 Å². The van der Waals surface area contributed by atoms with Gasteiger partial charge in [0.2, 0.25) is 0 Å². The van der Waals surface area contributed by atoms with Crippen LogP contribution >= 0.6 is 0 Å². The predicted octanol–water partition coefficient (Wildman–Crippen LogP) is 3.26. The first-order valence-electron chi connectivity index (χ1n) is 14.4. The molecule has 5 rings (SSSR count). The summed E-state index contributed by atoms with van der Waals surface area (Å²) < 4.78 is 31.8. The van der Waals surface area contributed by atoms with E-state index in [0.717, 1.165) is 51.6 Å². The van der Waals surface area contributed by atoms with Gasteiger partial charge in [-0.2, -0.15) is 13.7 Å². The minimum Gasteiger partial charge on any atom is -0.391 e. The van der Waals surface area contributed by atoms with E-state index in [4.69, 9.17) is 14.6 Å². The number of hydrogen-bond donors (Lipinski definition) is 2. The smallest absolute Gasteiger partial charge is 0.261 e. The molecule has 0 aromatic heterocycles. The van der Waals surface area contributed by atoms with Gasteiger partial charge in [0, 0.05) is 37.4 Å². The maximum atomic E-state index is 14.0. The molecule has 1 heterocycles. The number of morpholine rings is 1. The van der Waals surface area contributed by atoms with Crippen molar-refractivity contribution in [2.45, 2.75) is 96.8 Å². The van der Waals surface area contributed by atoms with Crippen LogP contribution in [0.5, 0.6) is 0 Å². The molecular weight excluding hydrogens is 520 g/mol. The number of aliphatic hydroxyl groups excluding tert-OH is 1. The molecule has 2 N–H and O–H groups in total. The number of aliphatic hydroxyl groups is 1. The van der Waals surface area contributed by atoms with Gasteiger partial charge in [-0.3, -0.25) is 19.0 Å². The summed E-state index contributed by atoms with van der Waals surface area (Å²) >= 11 is 0. The summed E-state index contributed by atoms with van der Waals surface area (Å²) in [6.07, 6.45) is 6.35. The normalized spacial score (nSPS) is 43.6. The molecule has 0 unspecified atom stereocenters. The summed E-state index contributed by atoms with van der Waals surface area (Å²) in [5, 5.41) is 20.3. The van der Waals surface area contributed by atoms with Crippen molar-refractivity contribution in [3.63, 3.8) is 0 Å². The van der Waals surface area contributed by atoms with Gasteiger partial charge < -0.3 is 9.84 Å². The summed E-state index contributed by atoms with van der Waals surface area (Å²) in [5.74, 6) is 1.33. The standard InChI is InChI=1S/C28H42N2O4.CH4O3S/c1-26(2)16-30(11-12-34-26)21-14-27(3)17(13-23(21)32)5-6-18-19-7-8-20(22(31)9-10-29)28(19,4)15-24(33)25(18)27;1-5(2,3)4/h17-21,23,25,32H,5-9,11-16H2,1-4H3;1H3,(H,2,3,4)/t17-,18-,19-,20+,21-,23-,25+,27-,28-;/m0./s1. The maximum absolute atomic E-state index is 14.0. The van der Waals surface area contributed by atoms with Gasteiger partial charge in [-0.05, 0) is 81.0 Å². The van der Waals surface area contributed by atoms with Crippen LogP contribution in [-0.2, 0) is 24.4 Å². The first-order chi connectivity index (χ1) is 18.0. The van der Waals surface area contributed by atoms with Gasteiger partial charge in [0.05, 0.1) is 37.1 Å². The van der Waals surface area contributed by atoms with E-state index in [9.17, 15) is 23.1 Å². The van der Waals surface area contributed by atoms with Crippen molar-refractivity contribution in [3.8, 4) is 6.07 Å². The molecule has 0 aromatic carbocycles. The molecule has 220 valence electrons. The Hall–Kier alpha value is -1.38. The van der Waals surface area contributed by atoms with E-state index >= 15 is 0 Å². The molecule has 9 atom stereocenters. The first-order valence-corrected chi connectivity index (χ1v) is 16.3. The Bertz CT molecular complexity index is 1110. The van der Waals surface area contributed by atoms with Crippen molar-refractivity contribution in [2.24, 2.45) is 40.4 Å². The SMILES string of the molecule is CC1(C)CN([C@H]2C[C@@]3(C)[C@@H](CC[C@H]4[C@@H]5CC[C@H](C(=O)CC#N)[C@@]5(C)CC(=O)[C@@H]43)C[C@@H]2O)CCO1.CS(=O)(=O)O. The number of ketones is 2. The number of hydrogen-bond acceptors (Lipinski definition) is 8. The highest BCUT2D eigenvalue weighted by atomic mass is 32.2. The molecular formula is C29H46N2O7S. The number of Topliss-reactive ketones (excluding diaryl/α,β-unsaturated/α-hetero) is 2. The van der Waals surface area contributed by atoms with E-state index in [2.05, 4.69) is 32.6 Å². The minimum atomic E-state index is -3.67. The summed E-state index contributed by atoms with van der Waals surface area (Å²) in [7, 11) is -3.67. The zero-order valence-electron chi connectivity index (χ0n) is 24.1. The molecule has 0 amide bonds. The highest BCUT2D eigenvalue weighted by molar-refractivity contribution is 7.85. The summed E-state index contributed by atoms with van der Waals surface area (Å²) in [4.78, 5) is 29.2. The van der Waals surface area contributed by atoms with E-state index < -0.39 is 10.1 Å². The number of nitriles is 1. The molecule has 1 aliphatic heterocycles. The zero-order chi connectivity index (χ0) is 29.0. The second kappa shape index (κ2) is 10.8. The van der Waals surface area contributed by atoms with Crippen molar-refractivity contribution in [1.29, 1.82) is 5.26 Å². The van der Waals surface area contributed by atoms with E-state index in [1.165, 1.54) is 0 Å². The van der Waals surface area contributed by atoms with E-state index in [-0.39, 0.29) is 52.6 Å². The van der Waals surface area contributed by atoms with Crippen LogP contribution in [0.3, 0.4) is 0 Å². The molecule has 4 aliphatic carbocycles. The van der Waals surface area contributed by atoms with Crippen molar-refractivity contribution < 1.29 is 32.4 Å². The summed E-state index contributed by atoms with van der Waals surface area (Å²) in [5.41, 5.74) is -0.623. The van der Waals surface area contributed by atoms with Crippen LogP contribution in [0.25, 0.3) is 0 Å². The van der Waals surface area contributed by atoms with Gasteiger partial charge >= 0.3 is 0 Å². The van der Waals surface area contributed by atoms with Crippen molar-refractivity contribution in [1.82, 2.24) is 4.90 Å². The molecule has 39 heavy (non-hydrogen) atoms. The average molecular weight is 567 g/mol. The van der Waals surface area contributed by atoms with Crippen LogP contribution in [0.1, 0.15) is 79.1 Å². The number of ether oxygens (including phenoxy) is 1. The summed E-state index contributed by atoms with van der Waals surface area (Å²) in [6.45, 7) is 11.1. The molecule has 1 saturated heterocycles. The van der Waals surface area contributed by atoms with Crippen LogP contribution in [0.4, 0.5) is 0 Å². The lowest BCUT2D eigenvalue weighted by Crippen LogP contribution is -2.64. The first kappa shape index (κ1) is 30.6. The highest BCUT2D eigenvalue weighted by Gasteiger charge is 2.65. The fourth-order valence-electron chi connectivity index (χ4n) is 9.53. The molecule has 0 aromatic rings. The van der Waals surface area contributed by atoms with Crippen molar-refractivity contribution in [2.75, 3.05) is 26.0 Å². The van der Waals surface area contributed by atoms with Crippen LogP contribution in [-0.4, -0.2) is 78.2 Å². The summed E-state index contributed by atoms with van der Waals surface area (Å²) in [6, 6.07) is 2.11. The Morgan fingerprint density at radius 2 is 1.82 bits per heavy atom. The molecule has 4 saturated carbocycles. The van der Waals surface area contributed by atoms with E-state index in [1.807, 2.05) is 6.07 Å². The van der Waals surface area contributed by atoms with Crippen LogP contribution in [0, 0.1) is 51.8 Å². The van der Waals surface area contributed by atoms with Gasteiger partial charge in [-0.25, -0.2) is 0 Å². The Morgan fingerprint density at radius 1 is 1.15 bits per heavy atom. The average Bonchev–Trinajstić information content (AvgIpc) is 3.14. The molecule has 0 spiro atoms. The van der Waals surface area contributed by atoms with Gasteiger partial charge in [0.1, 0.15) is 5.78 Å². The minimum absolute atomic E-state index is 0.0261. The molecule has 0 bridgehead atoms. The van der Waals surface area contributed by atoms with Crippen molar-refractivity contribution in [3.05, 3.63) is 0 Å². The topological polar surface area (TPSA) is 145 Å². The van der Waals surface area contributed by atoms with E-state index in [0.29, 0.717) is 42.8 Å². The fraction of sp³-hybridized carbons (Fsp3) is 0.897. The maximum Gasteiger partial charge on any atom is 0.261 e. The Kier molecular flexibility index (Phi) is 8.46. The van der Waals surface area contributed by atoms with Crippen LogP contribution in [0.15, 0.2) is 0 Å². The number of rotatable bonds is 3. The molecule has 0 radical (unpaired) electrons. The zero-order valence-corrected chi connectivity index (χ0v) is 24.9. The molecule has 5 aliphatic rings. The number of nitrogens with zero attached hydrogens (tertiary/aromatic N) is 2. The third kappa shape index (κ3) is 5.99. The fourth-order valence-corrected chi connectivity index (χ4v) is 9.53. The lowest BCUT2D eigenvalue weighted by atomic mass is 9.43. The lowest BCUT2D eigenvalue weighted by Gasteiger charge is -2.62. The Labute approximate surface area is 233 Å². The Morgan fingerprint density at radius 3 is 2.44 bits per heavy atom. The van der Waals surface area contributed by atoms with Crippen LogP contribution in [0.2, 0.25) is 0 Å². The quantitative estimate of drug-likeness (QED) is 0.492. The van der Waals surface area contributed by atoms with Crippen LogP contribution < -0.4 is 0 Å². The third-order valence-electron chi connectivity index (χ3n) is 10.9. The number of carbonyl (C=O) groups excluding carboxylic acids is 2. The van der Waals surface area contributed by atoms with Gasteiger partial charge in [-0.15, -0.1) is 0 Å². The monoisotopic (exact) mass is 566 g/mol. The Balaban J connectivity index is 0.000000648. The lowest BCUT2D eigenvalue weighted by molar-refractivity contribution is -0.177. The largest absolute Gasteiger partial charge is 0.391 e. The second-order valence-corrected chi connectivity index (χ2v) is 15.5. The molecule has 5 fully saturated rings. The second-order valence-electron chi connectivity index (χ2n) is 14.0. The molecule has 10 heteroatoms. The van der Waals surface area contributed by atoms with E-state index in [1.54, 1.807) is 0 Å². The third-order valence-corrected chi connectivity index (χ3v) is 10.9. The van der Waals surface area contributed by atoms with Crippen molar-refractivity contribution >= 4 is 21.7 Å². The highest BCUT2D eigenvalue weighted by Crippen LogP contribution is 2.66. The van der Waals surface area contributed by atoms with Gasteiger partial charge in [-0.1, -0.05) is 13.8 Å². The molecule has 9 nitrogen and oxygen atoms in total. The number of fused-ring (bicyclic) bond motifs is 5. The van der Waals surface area contributed by atoms with Gasteiger partial charge in [0.15, 0.2) is 5.78 Å². The number of carbonyl (C=O) groups is 2. The predicted molar refractivity (Wildman–Crippen MR) is 145 cm³/mol.